The zero-order valence-corrected chi connectivity index (χ0v) is 15.8. The number of nitrogens with two attached hydrogens (primary N) is 1. The zero-order valence-electron chi connectivity index (χ0n) is 14.9. The predicted molar refractivity (Wildman–Crippen MR) is 94.4 cm³/mol. The second-order valence-corrected chi connectivity index (χ2v) is 10.8. The number of carbonyl (C=O) groups is 1. The topological polar surface area (TPSA) is 85.4 Å². The molecule has 25 heavy (non-hydrogen) atoms. The highest BCUT2D eigenvalue weighted by molar-refractivity contribution is 7.89. The highest BCUT2D eigenvalue weighted by Crippen LogP contribution is 2.60. The van der Waals surface area contributed by atoms with E-state index >= 15 is 0 Å². The van der Waals surface area contributed by atoms with Gasteiger partial charge in [-0.3, -0.25) is 4.79 Å². The van der Waals surface area contributed by atoms with Gasteiger partial charge in [0.25, 0.3) is 5.91 Å². The molecule has 6 nitrogen and oxygen atoms in total. The van der Waals surface area contributed by atoms with E-state index in [1.807, 2.05) is 0 Å². The first-order chi connectivity index (χ1) is 11.7. The van der Waals surface area contributed by atoms with Crippen molar-refractivity contribution < 1.29 is 13.2 Å². The van der Waals surface area contributed by atoms with E-state index in [2.05, 4.69) is 0 Å². The number of hydrogen-bond donors (Lipinski definition) is 1. The first-order valence-corrected chi connectivity index (χ1v) is 10.5. The molecule has 0 aliphatic heterocycles. The summed E-state index contributed by atoms with van der Waals surface area (Å²) in [6, 6.07) is 1.38. The van der Waals surface area contributed by atoms with E-state index in [4.69, 9.17) is 5.73 Å². The van der Waals surface area contributed by atoms with Crippen LogP contribution in [0.5, 0.6) is 0 Å². The number of aryl methyl sites for hydroxylation is 1. The largest absolute Gasteiger partial charge is 0.364 e. The number of nitrogens with zero attached hydrogens (tertiary/aromatic N) is 2. The van der Waals surface area contributed by atoms with Gasteiger partial charge in [-0.25, -0.2) is 12.7 Å². The third-order valence-electron chi connectivity index (χ3n) is 6.66. The maximum atomic E-state index is 13.0. The average Bonchev–Trinajstić information content (AvgIpc) is 2.88. The lowest BCUT2D eigenvalue weighted by atomic mass is 9.49. The molecule has 2 N–H and O–H groups in total. The van der Waals surface area contributed by atoms with Gasteiger partial charge in [-0.15, -0.1) is 0 Å². The number of sulfonamides is 1. The molecular formula is C18H27N3O3S. The molecule has 1 amide bonds. The van der Waals surface area contributed by atoms with Crippen molar-refractivity contribution in [3.63, 3.8) is 0 Å². The molecule has 1 aromatic heterocycles. The number of primary amides is 1. The minimum Gasteiger partial charge on any atom is -0.364 e. The van der Waals surface area contributed by atoms with Crippen molar-refractivity contribution in [1.29, 1.82) is 0 Å². The number of hydrogen-bond acceptors (Lipinski definition) is 3. The van der Waals surface area contributed by atoms with Gasteiger partial charge in [0.15, 0.2) is 0 Å². The van der Waals surface area contributed by atoms with Crippen LogP contribution in [0, 0.1) is 23.2 Å². The van der Waals surface area contributed by atoms with E-state index in [0.717, 1.165) is 17.8 Å². The summed E-state index contributed by atoms with van der Waals surface area (Å²) in [4.78, 5) is 11.6. The Balaban J connectivity index is 1.57. The van der Waals surface area contributed by atoms with Gasteiger partial charge in [-0.1, -0.05) is 0 Å². The SMILES string of the molecule is CN(CC12CC3CC(CC(C3)C1)C2)S(=O)(=O)c1cc(C(N)=O)n(C)c1. The molecule has 4 aliphatic rings. The van der Waals surface area contributed by atoms with Crippen LogP contribution in [0.4, 0.5) is 0 Å². The van der Waals surface area contributed by atoms with E-state index in [-0.39, 0.29) is 16.0 Å². The highest BCUT2D eigenvalue weighted by Gasteiger charge is 2.51. The van der Waals surface area contributed by atoms with Crippen molar-refractivity contribution in [3.05, 3.63) is 18.0 Å². The van der Waals surface area contributed by atoms with Gasteiger partial charge < -0.3 is 10.3 Å². The third kappa shape index (κ3) is 2.81. The molecule has 0 aromatic carbocycles. The quantitative estimate of drug-likeness (QED) is 0.865. The maximum absolute atomic E-state index is 13.0. The molecule has 0 unspecified atom stereocenters. The molecule has 1 aromatic rings. The first kappa shape index (κ1) is 17.1. The molecule has 0 saturated heterocycles. The normalized spacial score (nSPS) is 34.0. The smallest absolute Gasteiger partial charge is 0.265 e. The molecule has 4 aliphatic carbocycles. The maximum Gasteiger partial charge on any atom is 0.265 e. The van der Waals surface area contributed by atoms with Crippen molar-refractivity contribution in [2.24, 2.45) is 36.0 Å². The lowest BCUT2D eigenvalue weighted by Gasteiger charge is -2.57. The van der Waals surface area contributed by atoms with E-state index in [1.165, 1.54) is 59.7 Å². The van der Waals surface area contributed by atoms with Crippen molar-refractivity contribution in [3.8, 4) is 0 Å². The Morgan fingerprint density at radius 1 is 1.24 bits per heavy atom. The standard InChI is InChI=1S/C18H27N3O3S/c1-20-10-15(6-16(20)17(19)22)25(23,24)21(2)11-18-7-12-3-13(8-18)5-14(4-12)9-18/h6,10,12-14H,3-5,7-9,11H2,1-2H3,(H2,19,22). The van der Waals surface area contributed by atoms with Crippen LogP contribution in [0.2, 0.25) is 0 Å². The molecule has 4 saturated carbocycles. The van der Waals surface area contributed by atoms with Crippen LogP contribution in [0.25, 0.3) is 0 Å². The van der Waals surface area contributed by atoms with Crippen LogP contribution in [-0.2, 0) is 17.1 Å². The summed E-state index contributed by atoms with van der Waals surface area (Å²) >= 11 is 0. The van der Waals surface area contributed by atoms with Crippen molar-refractivity contribution in [2.75, 3.05) is 13.6 Å². The number of aromatic nitrogens is 1. The van der Waals surface area contributed by atoms with Crippen LogP contribution < -0.4 is 5.73 Å². The average molecular weight is 365 g/mol. The number of amides is 1. The first-order valence-electron chi connectivity index (χ1n) is 9.11. The summed E-state index contributed by atoms with van der Waals surface area (Å²) in [5.74, 6) is 1.76. The van der Waals surface area contributed by atoms with E-state index in [9.17, 15) is 13.2 Å². The van der Waals surface area contributed by atoms with E-state index < -0.39 is 15.9 Å². The Hall–Kier alpha value is -1.34. The lowest BCUT2D eigenvalue weighted by Crippen LogP contribution is -2.51. The van der Waals surface area contributed by atoms with Crippen LogP contribution in [0.15, 0.2) is 17.2 Å². The second-order valence-electron chi connectivity index (χ2n) is 8.71. The molecule has 4 fully saturated rings. The number of carbonyl (C=O) groups excluding carboxylic acids is 1. The summed E-state index contributed by atoms with van der Waals surface area (Å²) in [6.45, 7) is 0.583. The summed E-state index contributed by atoms with van der Waals surface area (Å²) in [7, 11) is -0.304. The molecule has 5 rings (SSSR count). The Morgan fingerprint density at radius 3 is 2.20 bits per heavy atom. The Morgan fingerprint density at radius 2 is 1.76 bits per heavy atom. The molecule has 4 bridgehead atoms. The molecule has 7 heteroatoms. The second kappa shape index (κ2) is 5.58. The van der Waals surface area contributed by atoms with Crippen molar-refractivity contribution >= 4 is 15.9 Å². The van der Waals surface area contributed by atoms with Crippen LogP contribution in [-0.4, -0.2) is 36.8 Å². The fourth-order valence-corrected chi connectivity index (χ4v) is 7.50. The molecular weight excluding hydrogens is 338 g/mol. The zero-order chi connectivity index (χ0) is 18.0. The van der Waals surface area contributed by atoms with Crippen LogP contribution >= 0.6 is 0 Å². The van der Waals surface area contributed by atoms with Gasteiger partial charge in [-0.2, -0.15) is 0 Å². The predicted octanol–water partition coefficient (Wildman–Crippen LogP) is 1.96. The van der Waals surface area contributed by atoms with Gasteiger partial charge in [0.2, 0.25) is 10.0 Å². The van der Waals surface area contributed by atoms with Gasteiger partial charge in [-0.05, 0) is 67.8 Å². The molecule has 0 radical (unpaired) electrons. The lowest BCUT2D eigenvalue weighted by molar-refractivity contribution is -0.0583. The molecule has 0 spiro atoms. The Bertz CT molecular complexity index is 776. The van der Waals surface area contributed by atoms with Crippen LogP contribution in [0.3, 0.4) is 0 Å². The fourth-order valence-electron chi connectivity index (χ4n) is 6.14. The van der Waals surface area contributed by atoms with Crippen molar-refractivity contribution in [2.45, 2.75) is 43.4 Å². The summed E-state index contributed by atoms with van der Waals surface area (Å²) in [5.41, 5.74) is 5.67. The van der Waals surface area contributed by atoms with Gasteiger partial charge in [0.05, 0.1) is 0 Å². The molecule has 0 atom stereocenters. The van der Waals surface area contributed by atoms with E-state index in [1.54, 1.807) is 14.1 Å². The summed E-state index contributed by atoms with van der Waals surface area (Å²) in [6.07, 6.45) is 9.01. The van der Waals surface area contributed by atoms with Gasteiger partial charge >= 0.3 is 0 Å². The van der Waals surface area contributed by atoms with Crippen molar-refractivity contribution in [1.82, 2.24) is 8.87 Å². The summed E-state index contributed by atoms with van der Waals surface area (Å²) < 4.78 is 29.0. The summed E-state index contributed by atoms with van der Waals surface area (Å²) in [5, 5.41) is 0. The monoisotopic (exact) mass is 365 g/mol. The minimum atomic E-state index is -3.61. The fraction of sp³-hybridized carbons (Fsp3) is 0.722. The Kier molecular flexibility index (Phi) is 3.81. The molecule has 1 heterocycles. The van der Waals surface area contributed by atoms with Gasteiger partial charge in [0.1, 0.15) is 10.6 Å². The third-order valence-corrected chi connectivity index (χ3v) is 8.43. The Labute approximate surface area is 149 Å². The van der Waals surface area contributed by atoms with E-state index in [0.29, 0.717) is 6.54 Å². The van der Waals surface area contributed by atoms with Gasteiger partial charge in [0, 0.05) is 26.8 Å². The highest BCUT2D eigenvalue weighted by atomic mass is 32.2. The number of rotatable bonds is 5. The minimum absolute atomic E-state index is 0.149. The molecule has 138 valence electrons. The van der Waals surface area contributed by atoms with Crippen LogP contribution in [0.1, 0.15) is 49.0 Å².